The molecule has 0 aliphatic carbocycles. The average molecular weight is 285 g/mol. The molecule has 1 fully saturated rings. The van der Waals surface area contributed by atoms with Crippen LogP contribution in [0.5, 0.6) is 0 Å². The van der Waals surface area contributed by atoms with Gasteiger partial charge in [0, 0.05) is 32.9 Å². The molecule has 2 N–H and O–H groups in total. The number of nitrogens with zero attached hydrogens (tertiary/aromatic N) is 2. The third-order valence-electron chi connectivity index (χ3n) is 3.46. The summed E-state index contributed by atoms with van der Waals surface area (Å²) in [5.41, 5.74) is 0.506. The van der Waals surface area contributed by atoms with Gasteiger partial charge in [-0.15, -0.1) is 0 Å². The molecule has 1 saturated heterocycles. The van der Waals surface area contributed by atoms with Gasteiger partial charge in [0.2, 0.25) is 0 Å². The summed E-state index contributed by atoms with van der Waals surface area (Å²) in [4.78, 5) is 3.99. The first kappa shape index (κ1) is 14.2. The van der Waals surface area contributed by atoms with E-state index in [1.54, 1.807) is 19.2 Å². The predicted molar refractivity (Wildman–Crippen MR) is 72.4 cm³/mol. The van der Waals surface area contributed by atoms with E-state index in [4.69, 9.17) is 5.11 Å². The topological polar surface area (TPSA) is 82.5 Å². The number of anilines is 1. The van der Waals surface area contributed by atoms with Crippen LogP contribution in [-0.2, 0) is 10.0 Å². The summed E-state index contributed by atoms with van der Waals surface area (Å²) in [5, 5.41) is 12.0. The Labute approximate surface area is 113 Å². The fourth-order valence-corrected chi connectivity index (χ4v) is 3.82. The van der Waals surface area contributed by atoms with E-state index in [2.05, 4.69) is 10.3 Å². The van der Waals surface area contributed by atoms with Gasteiger partial charge in [-0.05, 0) is 30.9 Å². The van der Waals surface area contributed by atoms with Crippen molar-refractivity contribution >= 4 is 15.7 Å². The summed E-state index contributed by atoms with van der Waals surface area (Å²) in [6.07, 6.45) is 2.86. The van der Waals surface area contributed by atoms with E-state index in [9.17, 15) is 8.42 Å². The Morgan fingerprint density at radius 1 is 1.47 bits per heavy atom. The first-order valence-electron chi connectivity index (χ1n) is 6.33. The minimum absolute atomic E-state index is 0.0694. The van der Waals surface area contributed by atoms with E-state index in [0.717, 1.165) is 0 Å². The van der Waals surface area contributed by atoms with Gasteiger partial charge < -0.3 is 10.4 Å². The van der Waals surface area contributed by atoms with Gasteiger partial charge in [0.1, 0.15) is 0 Å². The first-order valence-corrected chi connectivity index (χ1v) is 7.77. The van der Waals surface area contributed by atoms with E-state index < -0.39 is 10.0 Å². The van der Waals surface area contributed by atoms with Crippen LogP contribution in [0.25, 0.3) is 0 Å². The highest BCUT2D eigenvalue weighted by Crippen LogP contribution is 2.26. The number of pyridine rings is 1. The highest BCUT2D eigenvalue weighted by molar-refractivity contribution is 7.89. The van der Waals surface area contributed by atoms with Crippen LogP contribution in [0.15, 0.2) is 23.4 Å². The molecule has 1 aromatic rings. The van der Waals surface area contributed by atoms with Crippen molar-refractivity contribution in [3.8, 4) is 0 Å². The number of hydrogen-bond acceptors (Lipinski definition) is 5. The van der Waals surface area contributed by atoms with Crippen molar-refractivity contribution < 1.29 is 13.5 Å². The van der Waals surface area contributed by atoms with Crippen LogP contribution in [0.3, 0.4) is 0 Å². The maximum Gasteiger partial charge on any atom is 0.262 e. The zero-order valence-electron chi connectivity index (χ0n) is 10.9. The standard InChI is InChI=1S/C12H19N3O3S/c1-13-11-3-2-6-14-12(11)19(17,18)15-7-4-10(9-16)5-8-15/h2-3,6,10,13,16H,4-5,7-9H2,1H3. The molecule has 0 atom stereocenters. The molecule has 6 nitrogen and oxygen atoms in total. The molecular formula is C12H19N3O3S. The van der Waals surface area contributed by atoms with Crippen LogP contribution >= 0.6 is 0 Å². The Morgan fingerprint density at radius 3 is 2.74 bits per heavy atom. The Morgan fingerprint density at radius 2 is 2.16 bits per heavy atom. The van der Waals surface area contributed by atoms with Crippen molar-refractivity contribution in [3.05, 3.63) is 18.3 Å². The molecule has 0 bridgehead atoms. The number of piperidine rings is 1. The summed E-state index contributed by atoms with van der Waals surface area (Å²) in [6, 6.07) is 3.39. The minimum Gasteiger partial charge on any atom is -0.396 e. The van der Waals surface area contributed by atoms with Crippen LogP contribution in [0.2, 0.25) is 0 Å². The monoisotopic (exact) mass is 285 g/mol. The van der Waals surface area contributed by atoms with E-state index in [-0.39, 0.29) is 17.6 Å². The fraction of sp³-hybridized carbons (Fsp3) is 0.583. The van der Waals surface area contributed by atoms with Gasteiger partial charge in [0.25, 0.3) is 10.0 Å². The minimum atomic E-state index is -3.56. The molecule has 0 spiro atoms. The molecule has 7 heteroatoms. The van der Waals surface area contributed by atoms with Gasteiger partial charge in [-0.2, -0.15) is 4.31 Å². The molecule has 1 aromatic heterocycles. The normalized spacial score (nSPS) is 18.4. The van der Waals surface area contributed by atoms with E-state index in [1.165, 1.54) is 10.5 Å². The van der Waals surface area contributed by atoms with Crippen LogP contribution in [-0.4, -0.2) is 49.6 Å². The number of aromatic nitrogens is 1. The lowest BCUT2D eigenvalue weighted by Crippen LogP contribution is -2.39. The lowest BCUT2D eigenvalue weighted by molar-refractivity contribution is 0.170. The number of hydrogen-bond donors (Lipinski definition) is 2. The van der Waals surface area contributed by atoms with E-state index in [0.29, 0.717) is 31.6 Å². The molecule has 106 valence electrons. The molecule has 2 heterocycles. The second-order valence-corrected chi connectivity index (χ2v) is 6.49. The maximum absolute atomic E-state index is 12.5. The number of aliphatic hydroxyl groups is 1. The van der Waals surface area contributed by atoms with Crippen LogP contribution in [0.1, 0.15) is 12.8 Å². The first-order chi connectivity index (χ1) is 9.09. The van der Waals surface area contributed by atoms with Gasteiger partial charge >= 0.3 is 0 Å². The van der Waals surface area contributed by atoms with Crippen molar-refractivity contribution in [2.24, 2.45) is 5.92 Å². The van der Waals surface area contributed by atoms with Gasteiger partial charge in [0.15, 0.2) is 5.03 Å². The Kier molecular flexibility index (Phi) is 4.38. The predicted octanol–water partition coefficient (Wildman–Crippen LogP) is 0.516. The van der Waals surface area contributed by atoms with Crippen molar-refractivity contribution in [2.75, 3.05) is 32.1 Å². The summed E-state index contributed by atoms with van der Waals surface area (Å²) in [6.45, 7) is 1.000. The Bertz CT molecular complexity index is 525. The summed E-state index contributed by atoms with van der Waals surface area (Å²) in [5.74, 6) is 0.207. The highest BCUT2D eigenvalue weighted by Gasteiger charge is 2.31. The number of aliphatic hydroxyl groups excluding tert-OH is 1. The SMILES string of the molecule is CNc1cccnc1S(=O)(=O)N1CCC(CO)CC1. The van der Waals surface area contributed by atoms with Gasteiger partial charge in [-0.1, -0.05) is 0 Å². The highest BCUT2D eigenvalue weighted by atomic mass is 32.2. The largest absolute Gasteiger partial charge is 0.396 e. The van der Waals surface area contributed by atoms with Gasteiger partial charge in [0.05, 0.1) is 5.69 Å². The lowest BCUT2D eigenvalue weighted by Gasteiger charge is -2.30. The van der Waals surface area contributed by atoms with Crippen molar-refractivity contribution in [3.63, 3.8) is 0 Å². The van der Waals surface area contributed by atoms with Crippen molar-refractivity contribution in [1.29, 1.82) is 0 Å². The second-order valence-electron chi connectivity index (χ2n) is 4.64. The average Bonchev–Trinajstić information content (AvgIpc) is 2.47. The Hall–Kier alpha value is -1.18. The van der Waals surface area contributed by atoms with Crippen LogP contribution in [0.4, 0.5) is 5.69 Å². The number of sulfonamides is 1. The van der Waals surface area contributed by atoms with Gasteiger partial charge in [-0.25, -0.2) is 13.4 Å². The zero-order valence-corrected chi connectivity index (χ0v) is 11.7. The van der Waals surface area contributed by atoms with Gasteiger partial charge in [-0.3, -0.25) is 0 Å². The third-order valence-corrected chi connectivity index (χ3v) is 5.32. The summed E-state index contributed by atoms with van der Waals surface area (Å²) >= 11 is 0. The molecule has 0 saturated carbocycles. The zero-order chi connectivity index (χ0) is 13.9. The molecule has 0 radical (unpaired) electrons. The quantitative estimate of drug-likeness (QED) is 0.842. The van der Waals surface area contributed by atoms with E-state index >= 15 is 0 Å². The molecule has 1 aliphatic rings. The van der Waals surface area contributed by atoms with Crippen molar-refractivity contribution in [2.45, 2.75) is 17.9 Å². The Balaban J connectivity index is 2.23. The number of rotatable bonds is 4. The fourth-order valence-electron chi connectivity index (χ4n) is 2.24. The summed E-state index contributed by atoms with van der Waals surface area (Å²) in [7, 11) is -1.88. The van der Waals surface area contributed by atoms with Crippen LogP contribution < -0.4 is 5.32 Å². The molecule has 19 heavy (non-hydrogen) atoms. The molecule has 1 aliphatic heterocycles. The molecule has 0 aromatic carbocycles. The second kappa shape index (κ2) is 5.85. The van der Waals surface area contributed by atoms with Crippen molar-refractivity contribution in [1.82, 2.24) is 9.29 Å². The summed E-state index contributed by atoms with van der Waals surface area (Å²) < 4.78 is 26.5. The molecule has 0 amide bonds. The third kappa shape index (κ3) is 2.88. The maximum atomic E-state index is 12.5. The molecule has 0 unspecified atom stereocenters. The lowest BCUT2D eigenvalue weighted by atomic mass is 10.00. The smallest absolute Gasteiger partial charge is 0.262 e. The van der Waals surface area contributed by atoms with Crippen LogP contribution in [0, 0.1) is 5.92 Å². The molecular weight excluding hydrogens is 266 g/mol. The van der Waals surface area contributed by atoms with E-state index in [1.807, 2.05) is 0 Å². The number of nitrogens with one attached hydrogen (secondary N) is 1. The molecule has 2 rings (SSSR count).